The summed E-state index contributed by atoms with van der Waals surface area (Å²) in [6, 6.07) is 68.1. The van der Waals surface area contributed by atoms with Gasteiger partial charge in [0, 0.05) is 22.1 Å². The SMILES string of the molecule is c1ccc2c(c1)ccc1ccc(-c3ccc(N(c4ccc5ccc6ccccc6c5c4)c4cc5ccccc5c5c4oc4ccccc45)cc3)cc12. The molecule has 0 amide bonds. The predicted octanol–water partition coefficient (Wildman–Crippen LogP) is 14.5. The van der Waals surface area contributed by atoms with E-state index in [9.17, 15) is 0 Å². The molecule has 52 heavy (non-hydrogen) atoms. The quantitative estimate of drug-likeness (QED) is 0.175. The number of fused-ring (bicyclic) bond motifs is 11. The third kappa shape index (κ3) is 4.44. The summed E-state index contributed by atoms with van der Waals surface area (Å²) in [5, 5.41) is 14.6. The van der Waals surface area contributed by atoms with Gasteiger partial charge in [-0.1, -0.05) is 146 Å². The first-order chi connectivity index (χ1) is 25.8. The van der Waals surface area contributed by atoms with Crippen LogP contribution in [0.4, 0.5) is 17.1 Å². The molecule has 2 nitrogen and oxygen atoms in total. The highest BCUT2D eigenvalue weighted by molar-refractivity contribution is 6.23. The lowest BCUT2D eigenvalue weighted by Crippen LogP contribution is -2.10. The molecule has 0 N–H and O–H groups in total. The molecule has 0 aliphatic rings. The average Bonchev–Trinajstić information content (AvgIpc) is 3.61. The molecule has 0 bridgehead atoms. The van der Waals surface area contributed by atoms with E-state index in [4.69, 9.17) is 4.42 Å². The molecule has 1 heterocycles. The molecule has 0 unspecified atom stereocenters. The normalized spacial score (nSPS) is 11.8. The minimum atomic E-state index is 0.878. The van der Waals surface area contributed by atoms with Crippen molar-refractivity contribution < 1.29 is 4.42 Å². The Morgan fingerprint density at radius 2 is 0.827 bits per heavy atom. The maximum atomic E-state index is 6.80. The van der Waals surface area contributed by atoms with E-state index < -0.39 is 0 Å². The first kappa shape index (κ1) is 28.9. The van der Waals surface area contributed by atoms with Gasteiger partial charge in [-0.2, -0.15) is 0 Å². The summed E-state index contributed by atoms with van der Waals surface area (Å²) in [6.07, 6.45) is 0. The number of rotatable bonds is 4. The molecule has 0 radical (unpaired) electrons. The Bertz CT molecular complexity index is 3190. The number of hydrogen-bond acceptors (Lipinski definition) is 2. The van der Waals surface area contributed by atoms with Crippen LogP contribution in [-0.2, 0) is 0 Å². The Kier molecular flexibility index (Phi) is 6.28. The number of anilines is 3. The van der Waals surface area contributed by atoms with E-state index >= 15 is 0 Å². The van der Waals surface area contributed by atoms with Gasteiger partial charge < -0.3 is 9.32 Å². The first-order valence-electron chi connectivity index (χ1n) is 17.8. The monoisotopic (exact) mass is 661 g/mol. The van der Waals surface area contributed by atoms with Gasteiger partial charge in [-0.25, -0.2) is 0 Å². The number of benzene rings is 10. The van der Waals surface area contributed by atoms with Crippen LogP contribution in [0.2, 0.25) is 0 Å². The summed E-state index contributed by atoms with van der Waals surface area (Å²) in [5.41, 5.74) is 7.29. The van der Waals surface area contributed by atoms with Crippen molar-refractivity contribution in [2.24, 2.45) is 0 Å². The number of furan rings is 1. The molecule has 0 aliphatic heterocycles. The number of hydrogen-bond donors (Lipinski definition) is 0. The molecular formula is C50H31NO. The zero-order chi connectivity index (χ0) is 34.2. The van der Waals surface area contributed by atoms with E-state index in [-0.39, 0.29) is 0 Å². The lowest BCUT2D eigenvalue weighted by Gasteiger charge is -2.27. The van der Waals surface area contributed by atoms with E-state index in [2.05, 4.69) is 187 Å². The van der Waals surface area contributed by atoms with E-state index in [1.807, 2.05) is 6.07 Å². The highest BCUT2D eigenvalue weighted by Crippen LogP contribution is 2.46. The Morgan fingerprint density at radius 1 is 0.327 bits per heavy atom. The van der Waals surface area contributed by atoms with Crippen LogP contribution in [0.1, 0.15) is 0 Å². The van der Waals surface area contributed by atoms with Gasteiger partial charge in [-0.3, -0.25) is 0 Å². The highest BCUT2D eigenvalue weighted by Gasteiger charge is 2.22. The van der Waals surface area contributed by atoms with E-state index in [0.717, 1.165) is 39.0 Å². The third-order valence-corrected chi connectivity index (χ3v) is 10.8. The molecule has 0 saturated carbocycles. The smallest absolute Gasteiger partial charge is 0.160 e. The van der Waals surface area contributed by atoms with Crippen LogP contribution in [0.25, 0.3) is 86.9 Å². The predicted molar refractivity (Wildman–Crippen MR) is 221 cm³/mol. The van der Waals surface area contributed by atoms with Crippen LogP contribution in [0.5, 0.6) is 0 Å². The van der Waals surface area contributed by atoms with Crippen molar-refractivity contribution >= 4 is 92.9 Å². The topological polar surface area (TPSA) is 16.4 Å². The summed E-state index contributed by atoms with van der Waals surface area (Å²) in [7, 11) is 0. The van der Waals surface area contributed by atoms with Gasteiger partial charge >= 0.3 is 0 Å². The molecule has 0 aliphatic carbocycles. The zero-order valence-corrected chi connectivity index (χ0v) is 28.3. The zero-order valence-electron chi connectivity index (χ0n) is 28.3. The van der Waals surface area contributed by atoms with Crippen molar-refractivity contribution in [2.75, 3.05) is 4.90 Å². The lowest BCUT2D eigenvalue weighted by molar-refractivity contribution is 0.669. The van der Waals surface area contributed by atoms with Gasteiger partial charge in [-0.15, -0.1) is 0 Å². The van der Waals surface area contributed by atoms with Crippen molar-refractivity contribution in [1.82, 2.24) is 0 Å². The van der Waals surface area contributed by atoms with Crippen LogP contribution in [0.3, 0.4) is 0 Å². The van der Waals surface area contributed by atoms with Gasteiger partial charge in [0.25, 0.3) is 0 Å². The summed E-state index contributed by atoms with van der Waals surface area (Å²) >= 11 is 0. The highest BCUT2D eigenvalue weighted by atomic mass is 16.3. The maximum Gasteiger partial charge on any atom is 0.160 e. The van der Waals surface area contributed by atoms with Crippen molar-refractivity contribution in [3.63, 3.8) is 0 Å². The standard InChI is InChI=1S/C50H31NO/c1-4-12-41-33(9-1)17-19-35-21-22-37(29-45(35)41)32-23-26-39(27-24-32)51(40-28-25-36-20-18-34-10-2-5-13-42(34)46(36)31-40)47-30-38-11-3-6-14-43(38)49-44-15-7-8-16-48(44)52-50(47)49/h1-31H. The molecule has 242 valence electrons. The second-order valence-electron chi connectivity index (χ2n) is 13.7. The van der Waals surface area contributed by atoms with Crippen molar-refractivity contribution in [1.29, 1.82) is 0 Å². The third-order valence-electron chi connectivity index (χ3n) is 10.8. The van der Waals surface area contributed by atoms with Gasteiger partial charge in [0.2, 0.25) is 0 Å². The van der Waals surface area contributed by atoms with Crippen molar-refractivity contribution in [2.45, 2.75) is 0 Å². The Hall–Kier alpha value is -6.90. The molecule has 2 heteroatoms. The summed E-state index contributed by atoms with van der Waals surface area (Å²) in [4.78, 5) is 2.37. The first-order valence-corrected chi connectivity index (χ1v) is 17.8. The molecule has 0 atom stereocenters. The van der Waals surface area contributed by atoms with Crippen LogP contribution in [-0.4, -0.2) is 0 Å². The van der Waals surface area contributed by atoms with E-state index in [1.165, 1.54) is 65.0 Å². The minimum Gasteiger partial charge on any atom is -0.454 e. The van der Waals surface area contributed by atoms with Crippen molar-refractivity contribution in [3.8, 4) is 11.1 Å². The molecule has 11 rings (SSSR count). The fraction of sp³-hybridized carbons (Fsp3) is 0. The van der Waals surface area contributed by atoms with Crippen LogP contribution < -0.4 is 4.90 Å². The van der Waals surface area contributed by atoms with Gasteiger partial charge in [-0.05, 0) is 107 Å². The second kappa shape index (κ2) is 11.3. The van der Waals surface area contributed by atoms with Crippen LogP contribution in [0.15, 0.2) is 192 Å². The number of nitrogens with zero attached hydrogens (tertiary/aromatic N) is 1. The van der Waals surface area contributed by atoms with Gasteiger partial charge in [0.05, 0.1) is 5.69 Å². The molecular weight excluding hydrogens is 631 g/mol. The van der Waals surface area contributed by atoms with Gasteiger partial charge in [0.15, 0.2) is 5.58 Å². The summed E-state index contributed by atoms with van der Waals surface area (Å²) in [6.45, 7) is 0. The molecule has 1 aromatic heterocycles. The Labute approximate surface area is 300 Å². The fourth-order valence-corrected chi connectivity index (χ4v) is 8.26. The van der Waals surface area contributed by atoms with Crippen LogP contribution in [0, 0.1) is 0 Å². The molecule has 0 fully saturated rings. The molecule has 0 saturated heterocycles. The second-order valence-corrected chi connectivity index (χ2v) is 13.7. The number of para-hydroxylation sites is 1. The molecule has 0 spiro atoms. The largest absolute Gasteiger partial charge is 0.454 e. The fourth-order valence-electron chi connectivity index (χ4n) is 8.26. The Balaban J connectivity index is 1.15. The van der Waals surface area contributed by atoms with E-state index in [0.29, 0.717) is 0 Å². The molecule has 11 aromatic rings. The van der Waals surface area contributed by atoms with E-state index in [1.54, 1.807) is 0 Å². The average molecular weight is 662 g/mol. The summed E-state index contributed by atoms with van der Waals surface area (Å²) in [5.74, 6) is 0. The maximum absolute atomic E-state index is 6.80. The van der Waals surface area contributed by atoms with Crippen LogP contribution >= 0.6 is 0 Å². The summed E-state index contributed by atoms with van der Waals surface area (Å²) < 4.78 is 6.80. The lowest BCUT2D eigenvalue weighted by atomic mass is 9.97. The van der Waals surface area contributed by atoms with Crippen molar-refractivity contribution in [3.05, 3.63) is 188 Å². The van der Waals surface area contributed by atoms with Gasteiger partial charge in [0.1, 0.15) is 5.58 Å². The minimum absolute atomic E-state index is 0.878. The molecule has 10 aromatic carbocycles. The Morgan fingerprint density at radius 3 is 1.54 bits per heavy atom.